The first-order valence-electron chi connectivity index (χ1n) is 8.40. The summed E-state index contributed by atoms with van der Waals surface area (Å²) in [5, 5.41) is 10.7. The summed E-state index contributed by atoms with van der Waals surface area (Å²) in [6.45, 7) is 4.04. The zero-order chi connectivity index (χ0) is 19.3. The van der Waals surface area contributed by atoms with E-state index in [1.165, 1.54) is 20.1 Å². The van der Waals surface area contributed by atoms with Gasteiger partial charge in [0.1, 0.15) is 5.76 Å². The van der Waals surface area contributed by atoms with Crippen molar-refractivity contribution >= 4 is 28.7 Å². The van der Waals surface area contributed by atoms with Crippen LogP contribution in [0.5, 0.6) is 0 Å². The lowest BCUT2D eigenvalue weighted by atomic mass is 9.94. The van der Waals surface area contributed by atoms with Crippen molar-refractivity contribution in [1.29, 1.82) is 5.41 Å². The quantitative estimate of drug-likeness (QED) is 0.461. The van der Waals surface area contributed by atoms with Gasteiger partial charge >= 0.3 is 0 Å². The molecule has 0 heterocycles. The molecule has 138 valence electrons. The Morgan fingerprint density at radius 1 is 1.35 bits per heavy atom. The maximum absolute atomic E-state index is 11.3. The van der Waals surface area contributed by atoms with Crippen LogP contribution in [0.4, 0.5) is 11.4 Å². The van der Waals surface area contributed by atoms with Crippen molar-refractivity contribution in [2.45, 2.75) is 26.2 Å². The Hall–Kier alpha value is -3.09. The molecular formula is C19H25N5O2. The summed E-state index contributed by atoms with van der Waals surface area (Å²) >= 11 is 0. The molecule has 1 aliphatic carbocycles. The summed E-state index contributed by atoms with van der Waals surface area (Å²) in [5.74, 6) is 0.394. The van der Waals surface area contributed by atoms with Gasteiger partial charge in [0.2, 0.25) is 5.91 Å². The van der Waals surface area contributed by atoms with Crippen molar-refractivity contribution in [3.05, 3.63) is 47.4 Å². The third-order valence-corrected chi connectivity index (χ3v) is 4.17. The second-order valence-corrected chi connectivity index (χ2v) is 6.08. The molecule has 1 aliphatic rings. The summed E-state index contributed by atoms with van der Waals surface area (Å²) in [4.78, 5) is 15.9. The van der Waals surface area contributed by atoms with Crippen LogP contribution in [0, 0.1) is 5.41 Å². The van der Waals surface area contributed by atoms with Crippen LogP contribution in [0.3, 0.4) is 0 Å². The van der Waals surface area contributed by atoms with Crippen LogP contribution in [0.1, 0.15) is 31.7 Å². The zero-order valence-electron chi connectivity index (χ0n) is 15.3. The standard InChI is InChI=1S/C19H25N5O2/c1-4-12(10-23-11(2)25)14-7-13(20)5-6-17(14)24-18-9-19(26-3)16(22)8-15(18)21/h5-9,12,22H,4,10,20-21H2,1-3H3,(H,23,25). The second-order valence-electron chi connectivity index (χ2n) is 6.08. The van der Waals surface area contributed by atoms with E-state index in [2.05, 4.69) is 10.3 Å². The third-order valence-electron chi connectivity index (χ3n) is 4.17. The molecule has 1 unspecified atom stereocenters. The molecule has 0 saturated heterocycles. The van der Waals surface area contributed by atoms with Gasteiger partial charge in [-0.3, -0.25) is 10.2 Å². The number of nitrogens with two attached hydrogens (primary N) is 2. The van der Waals surface area contributed by atoms with Gasteiger partial charge in [-0.15, -0.1) is 0 Å². The highest BCUT2D eigenvalue weighted by molar-refractivity contribution is 6.22. The number of nitrogens with one attached hydrogen (secondary N) is 2. The number of allylic oxidation sites excluding steroid dienone is 2. The molecule has 1 aromatic carbocycles. The fourth-order valence-electron chi connectivity index (χ4n) is 2.72. The van der Waals surface area contributed by atoms with E-state index in [-0.39, 0.29) is 17.5 Å². The Morgan fingerprint density at radius 3 is 2.69 bits per heavy atom. The Bertz CT molecular complexity index is 808. The van der Waals surface area contributed by atoms with E-state index in [9.17, 15) is 4.79 Å². The zero-order valence-corrected chi connectivity index (χ0v) is 15.3. The van der Waals surface area contributed by atoms with Crippen molar-refractivity contribution in [1.82, 2.24) is 5.32 Å². The van der Waals surface area contributed by atoms with Gasteiger partial charge in [-0.2, -0.15) is 0 Å². The summed E-state index contributed by atoms with van der Waals surface area (Å²) in [6, 6.07) is 5.49. The maximum atomic E-state index is 11.3. The molecule has 26 heavy (non-hydrogen) atoms. The number of nitrogens with zero attached hydrogens (tertiary/aromatic N) is 1. The Kier molecular flexibility index (Phi) is 6.16. The van der Waals surface area contributed by atoms with Crippen molar-refractivity contribution in [2.75, 3.05) is 19.4 Å². The van der Waals surface area contributed by atoms with E-state index in [1.54, 1.807) is 12.1 Å². The van der Waals surface area contributed by atoms with Crippen LogP contribution in [-0.4, -0.2) is 31.0 Å². The van der Waals surface area contributed by atoms with Gasteiger partial charge in [0.25, 0.3) is 0 Å². The molecule has 0 saturated carbocycles. The molecule has 6 N–H and O–H groups in total. The largest absolute Gasteiger partial charge is 0.494 e. The number of aliphatic imine (C=N–C) groups is 1. The monoisotopic (exact) mass is 355 g/mol. The summed E-state index contributed by atoms with van der Waals surface area (Å²) in [6.07, 6.45) is 3.98. The number of nitrogen functional groups attached to an aromatic ring is 1. The van der Waals surface area contributed by atoms with Crippen LogP contribution in [-0.2, 0) is 9.53 Å². The smallest absolute Gasteiger partial charge is 0.216 e. The topological polar surface area (TPSA) is 127 Å². The first kappa shape index (κ1) is 19.2. The SMILES string of the molecule is CCC(CNC(C)=O)c1cc(N)ccc1N=C1C=C(OC)C(=N)C=C1N. The van der Waals surface area contributed by atoms with E-state index in [0.717, 1.165) is 17.7 Å². The molecular weight excluding hydrogens is 330 g/mol. The average molecular weight is 355 g/mol. The third kappa shape index (κ3) is 4.50. The highest BCUT2D eigenvalue weighted by atomic mass is 16.5. The first-order valence-corrected chi connectivity index (χ1v) is 8.40. The number of methoxy groups -OCH3 is 1. The first-order chi connectivity index (χ1) is 12.3. The molecule has 7 nitrogen and oxygen atoms in total. The summed E-state index contributed by atoms with van der Waals surface area (Å²) in [7, 11) is 1.50. The van der Waals surface area contributed by atoms with Crippen LogP contribution in [0.2, 0.25) is 0 Å². The average Bonchev–Trinajstić information content (AvgIpc) is 2.59. The molecule has 0 bridgehead atoms. The minimum absolute atomic E-state index is 0.0692. The minimum Gasteiger partial charge on any atom is -0.494 e. The maximum Gasteiger partial charge on any atom is 0.216 e. The van der Waals surface area contributed by atoms with Crippen LogP contribution in [0.25, 0.3) is 0 Å². The molecule has 2 rings (SSSR count). The molecule has 1 aromatic rings. The second kappa shape index (κ2) is 8.33. The lowest BCUT2D eigenvalue weighted by molar-refractivity contribution is -0.119. The molecule has 0 fully saturated rings. The highest BCUT2D eigenvalue weighted by Crippen LogP contribution is 2.32. The van der Waals surface area contributed by atoms with Crippen molar-refractivity contribution in [3.63, 3.8) is 0 Å². The lowest BCUT2D eigenvalue weighted by Crippen LogP contribution is -2.26. The van der Waals surface area contributed by atoms with Crippen LogP contribution in [0.15, 0.2) is 46.8 Å². The molecule has 1 atom stereocenters. The van der Waals surface area contributed by atoms with E-state index in [1.807, 2.05) is 19.1 Å². The lowest BCUT2D eigenvalue weighted by Gasteiger charge is -2.19. The number of anilines is 1. The van der Waals surface area contributed by atoms with Gasteiger partial charge in [0.05, 0.1) is 29.9 Å². The van der Waals surface area contributed by atoms with E-state index >= 15 is 0 Å². The summed E-state index contributed by atoms with van der Waals surface area (Å²) in [5.41, 5.74) is 15.4. The molecule has 7 heteroatoms. The van der Waals surface area contributed by atoms with Gasteiger partial charge in [-0.1, -0.05) is 6.92 Å². The fourth-order valence-corrected chi connectivity index (χ4v) is 2.72. The number of hydrogen-bond donors (Lipinski definition) is 4. The van der Waals surface area contributed by atoms with Gasteiger partial charge in [-0.25, -0.2) is 4.99 Å². The van der Waals surface area contributed by atoms with Gasteiger partial charge in [0.15, 0.2) is 0 Å². The number of hydrogen-bond acceptors (Lipinski definition) is 6. The molecule has 0 radical (unpaired) electrons. The normalized spacial score (nSPS) is 16.7. The number of rotatable bonds is 6. The van der Waals surface area contributed by atoms with Crippen molar-refractivity contribution in [3.8, 4) is 0 Å². The number of carbonyl (C=O) groups is 1. The van der Waals surface area contributed by atoms with Crippen molar-refractivity contribution in [2.24, 2.45) is 10.7 Å². The molecule has 1 amide bonds. The number of benzene rings is 1. The number of carbonyl (C=O) groups excluding carboxylic acids is 1. The van der Waals surface area contributed by atoms with Crippen molar-refractivity contribution < 1.29 is 9.53 Å². The Labute approximate surface area is 153 Å². The van der Waals surface area contributed by atoms with E-state index < -0.39 is 0 Å². The number of amides is 1. The van der Waals surface area contributed by atoms with Gasteiger partial charge in [-0.05, 0) is 36.3 Å². The van der Waals surface area contributed by atoms with Gasteiger partial charge < -0.3 is 21.5 Å². The van der Waals surface area contributed by atoms with E-state index in [0.29, 0.717) is 29.4 Å². The summed E-state index contributed by atoms with van der Waals surface area (Å²) < 4.78 is 5.19. The Morgan fingerprint density at radius 2 is 2.08 bits per heavy atom. The minimum atomic E-state index is -0.0779. The predicted molar refractivity (Wildman–Crippen MR) is 105 cm³/mol. The highest BCUT2D eigenvalue weighted by Gasteiger charge is 2.18. The number of ether oxygens (including phenoxy) is 1. The van der Waals surface area contributed by atoms with Crippen LogP contribution >= 0.6 is 0 Å². The Balaban J connectivity index is 2.46. The van der Waals surface area contributed by atoms with Crippen LogP contribution < -0.4 is 16.8 Å². The van der Waals surface area contributed by atoms with E-state index in [4.69, 9.17) is 21.6 Å². The van der Waals surface area contributed by atoms with Gasteiger partial charge in [0, 0.05) is 31.1 Å². The fraction of sp³-hybridized carbons (Fsp3) is 0.316. The molecule has 0 aliphatic heterocycles. The molecule has 0 spiro atoms. The predicted octanol–water partition coefficient (Wildman–Crippen LogP) is 2.38. The molecule has 0 aromatic heterocycles.